The smallest absolute Gasteiger partial charge is 0.404 e. The second-order valence-corrected chi connectivity index (χ2v) is 10.7. The van der Waals surface area contributed by atoms with Crippen LogP contribution in [-0.4, -0.2) is 75.3 Å². The predicted octanol–water partition coefficient (Wildman–Crippen LogP) is 1.58. The van der Waals surface area contributed by atoms with Crippen LogP contribution in [0.15, 0.2) is 23.4 Å². The SMILES string of the molecule is CN(C)c1cnc(C2=CCN(c3nc4c(c(NC(C)(C)COC(N)=O)n3)[S@@](=O)CC4)CC2)nc1. The van der Waals surface area contributed by atoms with Crippen LogP contribution in [0.2, 0.25) is 0 Å². The maximum Gasteiger partial charge on any atom is 0.404 e. The van der Waals surface area contributed by atoms with E-state index in [-0.39, 0.29) is 6.61 Å². The first-order chi connectivity index (χ1) is 16.1. The number of nitrogens with one attached hydrogen (secondary N) is 1. The van der Waals surface area contributed by atoms with Crippen LogP contribution >= 0.6 is 0 Å². The highest BCUT2D eigenvalue weighted by molar-refractivity contribution is 7.85. The number of primary amides is 1. The van der Waals surface area contributed by atoms with Crippen molar-refractivity contribution in [2.24, 2.45) is 5.73 Å². The Morgan fingerprint density at radius 2 is 2.00 bits per heavy atom. The molecule has 1 amide bonds. The summed E-state index contributed by atoms with van der Waals surface area (Å²) in [5, 5.41) is 3.29. The average molecular weight is 487 g/mol. The molecule has 0 aliphatic carbocycles. The molecule has 34 heavy (non-hydrogen) atoms. The number of rotatable bonds is 7. The van der Waals surface area contributed by atoms with Crippen molar-refractivity contribution >= 4 is 39.9 Å². The van der Waals surface area contributed by atoms with E-state index in [0.29, 0.717) is 41.9 Å². The lowest BCUT2D eigenvalue weighted by Crippen LogP contribution is -2.39. The van der Waals surface area contributed by atoms with Gasteiger partial charge < -0.3 is 25.6 Å². The Kier molecular flexibility index (Phi) is 6.69. The summed E-state index contributed by atoms with van der Waals surface area (Å²) < 4.78 is 17.6. The van der Waals surface area contributed by atoms with Gasteiger partial charge in [0.2, 0.25) is 5.95 Å². The molecule has 0 unspecified atom stereocenters. The number of amides is 1. The summed E-state index contributed by atoms with van der Waals surface area (Å²) in [6.07, 6.45) is 6.28. The Bertz CT molecular complexity index is 1130. The number of ether oxygens (including phenoxy) is 1. The Morgan fingerprint density at radius 3 is 2.62 bits per heavy atom. The van der Waals surface area contributed by atoms with E-state index in [4.69, 9.17) is 20.4 Å². The van der Waals surface area contributed by atoms with Crippen LogP contribution < -0.4 is 20.9 Å². The summed E-state index contributed by atoms with van der Waals surface area (Å²) in [7, 11) is 2.73. The molecule has 2 aliphatic rings. The Balaban J connectivity index is 1.55. The van der Waals surface area contributed by atoms with E-state index in [1.807, 2.05) is 45.2 Å². The Morgan fingerprint density at radius 1 is 1.26 bits per heavy atom. The van der Waals surface area contributed by atoms with Crippen LogP contribution in [0.3, 0.4) is 0 Å². The summed E-state index contributed by atoms with van der Waals surface area (Å²) in [6.45, 7) is 5.09. The minimum atomic E-state index is -1.18. The van der Waals surface area contributed by atoms with E-state index in [9.17, 15) is 9.00 Å². The summed E-state index contributed by atoms with van der Waals surface area (Å²) in [6, 6.07) is 0. The zero-order chi connectivity index (χ0) is 24.5. The van der Waals surface area contributed by atoms with Gasteiger partial charge in [-0.3, -0.25) is 4.21 Å². The standard InChI is InChI=1S/C22H30N8O3S/c1-22(2,13-33-20(23)31)28-19-17-16(7-10-34(17)32)26-21(27-19)30-8-5-14(6-9-30)18-24-11-15(12-25-18)29(3)4/h5,11-12H,6-10,13H2,1-4H3,(H2,23,31)(H,26,27,28)/t34-/m0/s1. The van der Waals surface area contributed by atoms with E-state index in [0.717, 1.165) is 29.2 Å². The maximum absolute atomic E-state index is 12.6. The molecule has 4 rings (SSSR count). The van der Waals surface area contributed by atoms with Crippen molar-refractivity contribution in [2.75, 3.05) is 54.7 Å². The number of aromatic nitrogens is 4. The second kappa shape index (κ2) is 9.53. The van der Waals surface area contributed by atoms with Gasteiger partial charge in [-0.25, -0.2) is 19.7 Å². The van der Waals surface area contributed by atoms with Crippen molar-refractivity contribution in [3.05, 3.63) is 30.0 Å². The van der Waals surface area contributed by atoms with E-state index in [1.165, 1.54) is 0 Å². The zero-order valence-corrected chi connectivity index (χ0v) is 20.7. The number of carbonyl (C=O) groups is 1. The molecular weight excluding hydrogens is 456 g/mol. The topological polar surface area (TPSA) is 139 Å². The Hall–Kier alpha value is -3.28. The lowest BCUT2D eigenvalue weighted by Gasteiger charge is -2.29. The highest BCUT2D eigenvalue weighted by Gasteiger charge is 2.31. The molecule has 0 spiro atoms. The van der Waals surface area contributed by atoms with E-state index >= 15 is 0 Å². The molecule has 182 valence electrons. The lowest BCUT2D eigenvalue weighted by atomic mass is 10.1. The molecule has 0 saturated carbocycles. The third-order valence-electron chi connectivity index (χ3n) is 5.64. The van der Waals surface area contributed by atoms with Gasteiger partial charge in [0, 0.05) is 39.4 Å². The van der Waals surface area contributed by atoms with Crippen molar-refractivity contribution in [2.45, 2.75) is 37.1 Å². The number of nitrogens with zero attached hydrogens (tertiary/aromatic N) is 6. The summed E-state index contributed by atoms with van der Waals surface area (Å²) in [5.74, 6) is 2.33. The van der Waals surface area contributed by atoms with Crippen LogP contribution in [0.4, 0.5) is 22.2 Å². The van der Waals surface area contributed by atoms with Crippen molar-refractivity contribution in [3.63, 3.8) is 0 Å². The highest BCUT2D eigenvalue weighted by atomic mass is 32.2. The molecule has 1 atom stereocenters. The van der Waals surface area contributed by atoms with Crippen LogP contribution in [0.25, 0.3) is 5.57 Å². The van der Waals surface area contributed by atoms with Gasteiger partial charge in [-0.05, 0) is 25.8 Å². The second-order valence-electron chi connectivity index (χ2n) is 9.15. The molecule has 0 aromatic carbocycles. The van der Waals surface area contributed by atoms with Crippen LogP contribution in [0.1, 0.15) is 31.8 Å². The molecule has 3 N–H and O–H groups in total. The largest absolute Gasteiger partial charge is 0.447 e. The fraction of sp³-hybridized carbons (Fsp3) is 0.500. The normalized spacial score (nSPS) is 17.7. The molecular formula is C22H30N8O3S. The number of hydrogen-bond acceptors (Lipinski definition) is 10. The third kappa shape index (κ3) is 5.27. The summed E-state index contributed by atoms with van der Waals surface area (Å²) in [5.41, 5.74) is 7.28. The first-order valence-electron chi connectivity index (χ1n) is 11.1. The van der Waals surface area contributed by atoms with Gasteiger partial charge in [0.05, 0.1) is 40.1 Å². The van der Waals surface area contributed by atoms with Gasteiger partial charge in [0.1, 0.15) is 17.3 Å². The van der Waals surface area contributed by atoms with Crippen LogP contribution in [0, 0.1) is 0 Å². The minimum Gasteiger partial charge on any atom is -0.447 e. The summed E-state index contributed by atoms with van der Waals surface area (Å²) in [4.78, 5) is 34.2. The molecule has 2 aliphatic heterocycles. The van der Waals surface area contributed by atoms with E-state index < -0.39 is 22.4 Å². The average Bonchev–Trinajstić information content (AvgIpc) is 3.19. The highest BCUT2D eigenvalue weighted by Crippen LogP contribution is 2.32. The number of carbonyl (C=O) groups excluding carboxylic acids is 1. The molecule has 2 aromatic rings. The maximum atomic E-state index is 12.6. The van der Waals surface area contributed by atoms with Gasteiger partial charge in [0.15, 0.2) is 5.82 Å². The molecule has 2 aromatic heterocycles. The molecule has 0 radical (unpaired) electrons. The third-order valence-corrected chi connectivity index (χ3v) is 7.10. The minimum absolute atomic E-state index is 0.0471. The van der Waals surface area contributed by atoms with Gasteiger partial charge in [-0.1, -0.05) is 6.08 Å². The quantitative estimate of drug-likeness (QED) is 0.593. The summed E-state index contributed by atoms with van der Waals surface area (Å²) >= 11 is 0. The van der Waals surface area contributed by atoms with Gasteiger partial charge in [-0.2, -0.15) is 4.98 Å². The fourth-order valence-corrected chi connectivity index (χ4v) is 5.10. The molecule has 11 nitrogen and oxygen atoms in total. The Labute approximate surface area is 201 Å². The number of aryl methyl sites for hydroxylation is 1. The molecule has 12 heteroatoms. The number of nitrogens with two attached hydrogens (primary N) is 1. The molecule has 0 bridgehead atoms. The first kappa shape index (κ1) is 23.9. The van der Waals surface area contributed by atoms with Crippen LogP contribution in [-0.2, 0) is 22.0 Å². The van der Waals surface area contributed by atoms with Gasteiger partial charge >= 0.3 is 6.09 Å². The van der Waals surface area contributed by atoms with Crippen molar-refractivity contribution in [3.8, 4) is 0 Å². The molecule has 0 saturated heterocycles. The fourth-order valence-electron chi connectivity index (χ4n) is 3.79. The van der Waals surface area contributed by atoms with E-state index in [2.05, 4.69) is 26.3 Å². The van der Waals surface area contributed by atoms with Crippen molar-refractivity contribution < 1.29 is 13.7 Å². The lowest BCUT2D eigenvalue weighted by molar-refractivity contribution is 0.138. The van der Waals surface area contributed by atoms with Crippen molar-refractivity contribution in [1.82, 2.24) is 19.9 Å². The van der Waals surface area contributed by atoms with Gasteiger partial charge in [-0.15, -0.1) is 0 Å². The van der Waals surface area contributed by atoms with Crippen LogP contribution in [0.5, 0.6) is 0 Å². The van der Waals surface area contributed by atoms with E-state index in [1.54, 1.807) is 0 Å². The zero-order valence-electron chi connectivity index (χ0n) is 19.9. The number of anilines is 3. The monoisotopic (exact) mass is 486 g/mol. The number of fused-ring (bicyclic) bond motifs is 1. The molecule has 0 fully saturated rings. The first-order valence-corrected chi connectivity index (χ1v) is 12.4. The molecule has 4 heterocycles. The predicted molar refractivity (Wildman–Crippen MR) is 131 cm³/mol. The number of hydrogen-bond donors (Lipinski definition) is 2. The van der Waals surface area contributed by atoms with Gasteiger partial charge in [0.25, 0.3) is 0 Å². The van der Waals surface area contributed by atoms with Crippen molar-refractivity contribution in [1.29, 1.82) is 0 Å².